The summed E-state index contributed by atoms with van der Waals surface area (Å²) in [5, 5.41) is 8.58. The van der Waals surface area contributed by atoms with Gasteiger partial charge in [-0.05, 0) is 12.2 Å². The molecule has 0 saturated carbocycles. The standard InChI is InChI=1S/C9H8O2/c10-9(11)8-6-4-2-1-3-5-7-8/h1-7H,(H,10,11)/b2-1-,3-1?,4-2?,5-3-,6-4?,7-5?,8-6?,8-7?. The van der Waals surface area contributed by atoms with Crippen LogP contribution in [0, 0.1) is 0 Å². The molecule has 0 aliphatic heterocycles. The molecule has 0 amide bonds. The monoisotopic (exact) mass is 148 g/mol. The fraction of sp³-hybridized carbons (Fsp3) is 0. The molecule has 0 fully saturated rings. The van der Waals surface area contributed by atoms with Gasteiger partial charge in [0.05, 0.1) is 5.57 Å². The summed E-state index contributed by atoms with van der Waals surface area (Å²) in [6.07, 6.45) is 11.9. The normalized spacial score (nSPS) is 21.3. The molecule has 0 saturated heterocycles. The van der Waals surface area contributed by atoms with Crippen LogP contribution in [-0.4, -0.2) is 11.1 Å². The molecule has 1 aliphatic rings. The fourth-order valence-corrected chi connectivity index (χ4v) is 0.709. The number of carbonyl (C=O) groups is 1. The van der Waals surface area contributed by atoms with E-state index in [2.05, 4.69) is 0 Å². The van der Waals surface area contributed by atoms with Gasteiger partial charge in [0, 0.05) is 0 Å². The third-order valence-electron chi connectivity index (χ3n) is 1.24. The molecule has 0 atom stereocenters. The lowest BCUT2D eigenvalue weighted by Gasteiger charge is -1.91. The first kappa shape index (κ1) is 7.54. The Morgan fingerprint density at radius 2 is 1.73 bits per heavy atom. The van der Waals surface area contributed by atoms with Gasteiger partial charge in [0.25, 0.3) is 0 Å². The Labute approximate surface area is 64.9 Å². The van der Waals surface area contributed by atoms with Gasteiger partial charge in [-0.25, -0.2) is 4.79 Å². The van der Waals surface area contributed by atoms with Gasteiger partial charge in [0.1, 0.15) is 0 Å². The van der Waals surface area contributed by atoms with Crippen molar-refractivity contribution in [3.05, 3.63) is 48.1 Å². The van der Waals surface area contributed by atoms with E-state index in [0.717, 1.165) is 0 Å². The first-order valence-corrected chi connectivity index (χ1v) is 3.26. The lowest BCUT2D eigenvalue weighted by atomic mass is 10.2. The summed E-state index contributed by atoms with van der Waals surface area (Å²) in [5.41, 5.74) is 0.297. The van der Waals surface area contributed by atoms with E-state index >= 15 is 0 Å². The highest BCUT2D eigenvalue weighted by Crippen LogP contribution is 2.00. The topological polar surface area (TPSA) is 37.3 Å². The average molecular weight is 148 g/mol. The highest BCUT2D eigenvalue weighted by Gasteiger charge is 1.99. The molecular weight excluding hydrogens is 140 g/mol. The summed E-state index contributed by atoms with van der Waals surface area (Å²) in [4.78, 5) is 10.4. The first-order chi connectivity index (χ1) is 5.30. The van der Waals surface area contributed by atoms with Crippen molar-refractivity contribution in [3.8, 4) is 0 Å². The predicted octanol–water partition coefficient (Wildman–Crippen LogP) is 1.68. The molecule has 1 aliphatic carbocycles. The quantitative estimate of drug-likeness (QED) is 0.614. The number of hydrogen-bond acceptors (Lipinski definition) is 1. The Morgan fingerprint density at radius 3 is 2.45 bits per heavy atom. The van der Waals surface area contributed by atoms with Gasteiger partial charge in [-0.15, -0.1) is 0 Å². The van der Waals surface area contributed by atoms with Gasteiger partial charge >= 0.3 is 5.97 Å². The minimum atomic E-state index is -0.902. The average Bonchev–Trinajstić information content (AvgIpc) is 1.84. The van der Waals surface area contributed by atoms with E-state index in [1.807, 2.05) is 6.08 Å². The third-order valence-corrected chi connectivity index (χ3v) is 1.24. The first-order valence-electron chi connectivity index (χ1n) is 3.26. The number of hydrogen-bond donors (Lipinski definition) is 1. The maximum absolute atomic E-state index is 10.4. The van der Waals surface area contributed by atoms with E-state index in [1.165, 1.54) is 0 Å². The smallest absolute Gasteiger partial charge is 0.335 e. The molecule has 0 aromatic heterocycles. The van der Waals surface area contributed by atoms with Crippen molar-refractivity contribution in [2.45, 2.75) is 0 Å². The maximum atomic E-state index is 10.4. The molecule has 2 heteroatoms. The fourth-order valence-electron chi connectivity index (χ4n) is 0.709. The number of carboxylic acids is 1. The number of aliphatic carboxylic acids is 1. The van der Waals surface area contributed by atoms with E-state index in [4.69, 9.17) is 5.11 Å². The Morgan fingerprint density at radius 1 is 1.09 bits per heavy atom. The van der Waals surface area contributed by atoms with Crippen molar-refractivity contribution in [3.63, 3.8) is 0 Å². The Balaban J connectivity index is 2.87. The molecule has 0 unspecified atom stereocenters. The van der Waals surface area contributed by atoms with Crippen molar-refractivity contribution >= 4 is 5.97 Å². The van der Waals surface area contributed by atoms with E-state index in [0.29, 0.717) is 5.57 Å². The van der Waals surface area contributed by atoms with Gasteiger partial charge in [0.2, 0.25) is 0 Å². The highest BCUT2D eigenvalue weighted by atomic mass is 16.4. The highest BCUT2D eigenvalue weighted by molar-refractivity contribution is 5.90. The summed E-state index contributed by atoms with van der Waals surface area (Å²) in [5.74, 6) is -0.902. The van der Waals surface area contributed by atoms with Gasteiger partial charge in [-0.3, -0.25) is 0 Å². The molecule has 1 N–H and O–H groups in total. The molecule has 0 spiro atoms. The summed E-state index contributed by atoms with van der Waals surface area (Å²) in [6, 6.07) is 0. The number of carboxylic acid groups (broad SMARTS) is 1. The van der Waals surface area contributed by atoms with E-state index in [9.17, 15) is 4.79 Å². The summed E-state index contributed by atoms with van der Waals surface area (Å²) in [6.45, 7) is 0. The van der Waals surface area contributed by atoms with E-state index in [1.54, 1.807) is 36.5 Å². The van der Waals surface area contributed by atoms with E-state index < -0.39 is 5.97 Å². The van der Waals surface area contributed by atoms with Crippen LogP contribution >= 0.6 is 0 Å². The van der Waals surface area contributed by atoms with E-state index in [-0.39, 0.29) is 0 Å². The molecule has 2 nitrogen and oxygen atoms in total. The molecule has 56 valence electrons. The van der Waals surface area contributed by atoms with Crippen LogP contribution < -0.4 is 0 Å². The van der Waals surface area contributed by atoms with Crippen LogP contribution in [0.4, 0.5) is 0 Å². The van der Waals surface area contributed by atoms with Crippen molar-refractivity contribution in [2.75, 3.05) is 0 Å². The van der Waals surface area contributed by atoms with Gasteiger partial charge in [0.15, 0.2) is 0 Å². The lowest BCUT2D eigenvalue weighted by molar-refractivity contribution is -0.132. The molecule has 0 heterocycles. The SMILES string of the molecule is O=C(O)C1=C/C=C\C=C/C=C1. The largest absolute Gasteiger partial charge is 0.478 e. The molecule has 1 rings (SSSR count). The maximum Gasteiger partial charge on any atom is 0.335 e. The van der Waals surface area contributed by atoms with Crippen molar-refractivity contribution < 1.29 is 9.90 Å². The van der Waals surface area contributed by atoms with Gasteiger partial charge in [-0.2, -0.15) is 0 Å². The molecule has 0 aromatic rings. The number of rotatable bonds is 1. The Bertz CT molecular complexity index is 267. The second kappa shape index (κ2) is 3.56. The van der Waals surface area contributed by atoms with Crippen LogP contribution in [0.25, 0.3) is 0 Å². The zero-order valence-electron chi connectivity index (χ0n) is 5.90. The van der Waals surface area contributed by atoms with Gasteiger partial charge < -0.3 is 5.11 Å². The summed E-state index contributed by atoms with van der Waals surface area (Å²) in [7, 11) is 0. The van der Waals surface area contributed by atoms with Crippen LogP contribution in [-0.2, 0) is 4.79 Å². The molecule has 0 aromatic carbocycles. The van der Waals surface area contributed by atoms with Crippen LogP contribution in [0.3, 0.4) is 0 Å². The van der Waals surface area contributed by atoms with Crippen molar-refractivity contribution in [2.24, 2.45) is 0 Å². The van der Waals surface area contributed by atoms with Crippen LogP contribution in [0.2, 0.25) is 0 Å². The van der Waals surface area contributed by atoms with Gasteiger partial charge in [-0.1, -0.05) is 30.4 Å². The minimum absolute atomic E-state index is 0.297. The Kier molecular flexibility index (Phi) is 2.44. The second-order valence-electron chi connectivity index (χ2n) is 2.06. The zero-order valence-corrected chi connectivity index (χ0v) is 5.90. The van der Waals surface area contributed by atoms with Crippen LogP contribution in [0.1, 0.15) is 0 Å². The molecule has 11 heavy (non-hydrogen) atoms. The van der Waals surface area contributed by atoms with Crippen LogP contribution in [0.15, 0.2) is 48.1 Å². The van der Waals surface area contributed by atoms with Crippen LogP contribution in [0.5, 0.6) is 0 Å². The summed E-state index contributed by atoms with van der Waals surface area (Å²) >= 11 is 0. The molecular formula is C9H8O2. The predicted molar refractivity (Wildman–Crippen MR) is 43.1 cm³/mol. The third kappa shape index (κ3) is 2.26. The minimum Gasteiger partial charge on any atom is -0.478 e. The van der Waals surface area contributed by atoms with Crippen molar-refractivity contribution in [1.82, 2.24) is 0 Å². The number of allylic oxidation sites excluding steroid dienone is 6. The zero-order chi connectivity index (χ0) is 8.10. The lowest BCUT2D eigenvalue weighted by Crippen LogP contribution is -1.96. The molecule has 0 radical (unpaired) electrons. The van der Waals surface area contributed by atoms with Crippen molar-refractivity contribution in [1.29, 1.82) is 0 Å². The Hall–Kier alpha value is -1.57. The summed E-state index contributed by atoms with van der Waals surface area (Å²) < 4.78 is 0. The second-order valence-corrected chi connectivity index (χ2v) is 2.06. The molecule has 0 bridgehead atoms.